The van der Waals surface area contributed by atoms with Gasteiger partial charge in [-0.25, -0.2) is 4.98 Å². The maximum Gasteiger partial charge on any atom is 0.149 e. The number of imidazole rings is 1. The predicted molar refractivity (Wildman–Crippen MR) is 219 cm³/mol. The number of para-hydroxylation sites is 2. The molecule has 0 atom stereocenters. The molecule has 1 aliphatic carbocycles. The number of rotatable bonds is 5. The molecule has 4 nitrogen and oxygen atoms in total. The molecular weight excluding hydrogens is 647 g/mol. The summed E-state index contributed by atoms with van der Waals surface area (Å²) in [5, 5.41) is 11.3. The van der Waals surface area contributed by atoms with Crippen molar-refractivity contribution in [2.75, 3.05) is 0 Å². The summed E-state index contributed by atoms with van der Waals surface area (Å²) >= 11 is 0. The second-order valence-corrected chi connectivity index (χ2v) is 15.6. The summed E-state index contributed by atoms with van der Waals surface area (Å²) in [5.74, 6) is 0.871. The Morgan fingerprint density at radius 3 is 2.06 bits per heavy atom. The van der Waals surface area contributed by atoms with Gasteiger partial charge in [-0.3, -0.25) is 9.55 Å². The molecule has 53 heavy (non-hydrogen) atoms. The summed E-state index contributed by atoms with van der Waals surface area (Å²) in [6, 6.07) is 50.7. The third-order valence-electron chi connectivity index (χ3n) is 11.0. The topological polar surface area (TPSA) is 50.9 Å². The molecule has 0 aliphatic heterocycles. The second kappa shape index (κ2) is 12.2. The van der Waals surface area contributed by atoms with Gasteiger partial charge >= 0.3 is 0 Å². The highest BCUT2D eigenvalue weighted by Crippen LogP contribution is 2.51. The van der Waals surface area contributed by atoms with Crippen molar-refractivity contribution in [3.63, 3.8) is 0 Å². The fourth-order valence-corrected chi connectivity index (χ4v) is 8.17. The molecule has 0 unspecified atom stereocenters. The average Bonchev–Trinajstić information content (AvgIpc) is 3.67. The number of aromatic nitrogens is 3. The van der Waals surface area contributed by atoms with Crippen LogP contribution in [0.4, 0.5) is 0 Å². The summed E-state index contributed by atoms with van der Waals surface area (Å²) in [4.78, 5) is 10.4. The Hall–Kier alpha value is -6.26. The fourth-order valence-electron chi connectivity index (χ4n) is 8.17. The summed E-state index contributed by atoms with van der Waals surface area (Å²) in [6.07, 6.45) is 1.95. The molecule has 0 bridgehead atoms. The second-order valence-electron chi connectivity index (χ2n) is 15.6. The Morgan fingerprint density at radius 1 is 0.585 bits per heavy atom. The van der Waals surface area contributed by atoms with E-state index in [4.69, 9.17) is 9.97 Å². The quantitative estimate of drug-likeness (QED) is 0.196. The molecular formula is C49H41N3O. The number of hydrogen-bond acceptors (Lipinski definition) is 3. The van der Waals surface area contributed by atoms with E-state index in [1.807, 2.05) is 24.4 Å². The van der Waals surface area contributed by atoms with Gasteiger partial charge in [0.15, 0.2) is 0 Å². The Kier molecular flexibility index (Phi) is 7.49. The van der Waals surface area contributed by atoms with Crippen molar-refractivity contribution in [2.24, 2.45) is 0 Å². The number of nitrogens with zero attached hydrogens (tertiary/aromatic N) is 3. The number of hydrogen-bond donors (Lipinski definition) is 1. The molecule has 6 aromatic carbocycles. The molecule has 1 aliphatic rings. The summed E-state index contributed by atoms with van der Waals surface area (Å²) in [5.41, 5.74) is 16.0. The van der Waals surface area contributed by atoms with Crippen LogP contribution in [-0.2, 0) is 10.8 Å². The van der Waals surface area contributed by atoms with Crippen LogP contribution in [0.5, 0.6) is 5.75 Å². The van der Waals surface area contributed by atoms with Crippen LogP contribution in [0.25, 0.3) is 72.7 Å². The Labute approximate surface area is 311 Å². The van der Waals surface area contributed by atoms with Crippen LogP contribution in [0.15, 0.2) is 152 Å². The lowest BCUT2D eigenvalue weighted by atomic mass is 9.82. The van der Waals surface area contributed by atoms with Crippen molar-refractivity contribution >= 4 is 11.0 Å². The normalized spacial score (nSPS) is 13.2. The first-order chi connectivity index (χ1) is 25.6. The molecule has 0 amide bonds. The van der Waals surface area contributed by atoms with E-state index in [0.29, 0.717) is 11.4 Å². The van der Waals surface area contributed by atoms with Crippen molar-refractivity contribution in [3.05, 3.63) is 168 Å². The third-order valence-corrected chi connectivity index (χ3v) is 11.0. The predicted octanol–water partition coefficient (Wildman–Crippen LogP) is 12.4. The van der Waals surface area contributed by atoms with E-state index < -0.39 is 0 Å². The molecule has 0 saturated carbocycles. The van der Waals surface area contributed by atoms with Gasteiger partial charge in [0.25, 0.3) is 0 Å². The van der Waals surface area contributed by atoms with Gasteiger partial charge in [0.2, 0.25) is 0 Å². The molecule has 8 aromatic rings. The number of phenols is 1. The average molecular weight is 688 g/mol. The number of fused-ring (bicyclic) bond motifs is 4. The maximum absolute atomic E-state index is 11.3. The standard InChI is InChI=1S/C49H41N3O/c1-48(2,3)34-25-26-41(38(30-34)31-15-7-6-8-16-31)52-42-23-14-21-35(46(42)51-47(52)37-20-10-12-24-43(37)53)32-17-13-18-33(29-32)45-44-36-19-9-11-22-39(36)49(4,5)40(44)27-28-50-45/h6-30,53H,1-5H3. The lowest BCUT2D eigenvalue weighted by molar-refractivity contribution is 0.477. The molecule has 2 aromatic heterocycles. The Balaban J connectivity index is 1.28. The van der Waals surface area contributed by atoms with Gasteiger partial charge in [0, 0.05) is 33.9 Å². The van der Waals surface area contributed by atoms with Gasteiger partial charge in [-0.15, -0.1) is 0 Å². The SMILES string of the molecule is CC(C)(C)c1ccc(-n2c(-c3ccccc3O)nc3c(-c4cccc(-c5nccc6c5-c5ccccc5C6(C)C)c4)cccc32)c(-c2ccccc2)c1. The Bertz CT molecular complexity index is 2690. The van der Waals surface area contributed by atoms with E-state index in [2.05, 4.69) is 161 Å². The highest BCUT2D eigenvalue weighted by atomic mass is 16.3. The number of aromatic hydroxyl groups is 1. The summed E-state index contributed by atoms with van der Waals surface area (Å²) in [7, 11) is 0. The van der Waals surface area contributed by atoms with Gasteiger partial charge in [-0.2, -0.15) is 0 Å². The summed E-state index contributed by atoms with van der Waals surface area (Å²) < 4.78 is 2.22. The molecule has 0 spiro atoms. The summed E-state index contributed by atoms with van der Waals surface area (Å²) in [6.45, 7) is 11.3. The van der Waals surface area contributed by atoms with Crippen LogP contribution in [-0.4, -0.2) is 19.6 Å². The molecule has 2 heterocycles. The molecule has 0 radical (unpaired) electrons. The molecule has 9 rings (SSSR count). The first-order valence-corrected chi connectivity index (χ1v) is 18.3. The van der Waals surface area contributed by atoms with Crippen molar-refractivity contribution < 1.29 is 5.11 Å². The fraction of sp³-hybridized carbons (Fsp3) is 0.143. The molecule has 0 saturated heterocycles. The monoisotopic (exact) mass is 687 g/mol. The zero-order valence-corrected chi connectivity index (χ0v) is 30.7. The minimum absolute atomic E-state index is 0.0384. The van der Waals surface area contributed by atoms with Crippen LogP contribution >= 0.6 is 0 Å². The van der Waals surface area contributed by atoms with E-state index >= 15 is 0 Å². The van der Waals surface area contributed by atoms with Crippen molar-refractivity contribution in [1.82, 2.24) is 14.5 Å². The number of phenolic OH excluding ortho intramolecular Hbond substituents is 1. The first-order valence-electron chi connectivity index (χ1n) is 18.3. The van der Waals surface area contributed by atoms with Gasteiger partial charge in [-0.1, -0.05) is 138 Å². The molecule has 4 heteroatoms. The van der Waals surface area contributed by atoms with Crippen LogP contribution in [0, 0.1) is 0 Å². The minimum atomic E-state index is -0.108. The van der Waals surface area contributed by atoms with E-state index in [9.17, 15) is 5.11 Å². The highest BCUT2D eigenvalue weighted by Gasteiger charge is 2.37. The number of pyridine rings is 1. The van der Waals surface area contributed by atoms with Crippen LogP contribution < -0.4 is 0 Å². The minimum Gasteiger partial charge on any atom is -0.507 e. The van der Waals surface area contributed by atoms with E-state index in [0.717, 1.165) is 50.2 Å². The zero-order valence-electron chi connectivity index (χ0n) is 30.7. The number of benzene rings is 6. The van der Waals surface area contributed by atoms with Crippen LogP contribution in [0.3, 0.4) is 0 Å². The van der Waals surface area contributed by atoms with Gasteiger partial charge in [-0.05, 0) is 81.3 Å². The lowest BCUT2D eigenvalue weighted by Gasteiger charge is -2.23. The lowest BCUT2D eigenvalue weighted by Crippen LogP contribution is -2.14. The van der Waals surface area contributed by atoms with E-state index in [1.54, 1.807) is 6.07 Å². The maximum atomic E-state index is 11.3. The van der Waals surface area contributed by atoms with Crippen molar-refractivity contribution in [3.8, 4) is 67.5 Å². The van der Waals surface area contributed by atoms with Crippen molar-refractivity contribution in [2.45, 2.75) is 45.4 Å². The van der Waals surface area contributed by atoms with Crippen LogP contribution in [0.1, 0.15) is 51.3 Å². The van der Waals surface area contributed by atoms with Gasteiger partial charge in [0.05, 0.1) is 28.0 Å². The zero-order chi connectivity index (χ0) is 36.5. The van der Waals surface area contributed by atoms with E-state index in [-0.39, 0.29) is 16.6 Å². The van der Waals surface area contributed by atoms with Crippen molar-refractivity contribution in [1.29, 1.82) is 0 Å². The third kappa shape index (κ3) is 5.28. The first kappa shape index (κ1) is 32.6. The van der Waals surface area contributed by atoms with Crippen LogP contribution in [0.2, 0.25) is 0 Å². The molecule has 258 valence electrons. The Morgan fingerprint density at radius 2 is 1.26 bits per heavy atom. The van der Waals surface area contributed by atoms with Gasteiger partial charge < -0.3 is 5.11 Å². The molecule has 1 N–H and O–H groups in total. The smallest absolute Gasteiger partial charge is 0.149 e. The van der Waals surface area contributed by atoms with Gasteiger partial charge in [0.1, 0.15) is 11.6 Å². The largest absolute Gasteiger partial charge is 0.507 e. The van der Waals surface area contributed by atoms with E-state index in [1.165, 1.54) is 27.8 Å². The molecule has 0 fully saturated rings. The highest BCUT2D eigenvalue weighted by molar-refractivity contribution is 5.98.